The van der Waals surface area contributed by atoms with Crippen LogP contribution >= 0.6 is 0 Å². The molecule has 0 bridgehead atoms. The van der Waals surface area contributed by atoms with Crippen LogP contribution in [0.15, 0.2) is 48.5 Å². The van der Waals surface area contributed by atoms with Crippen molar-refractivity contribution < 1.29 is 27.8 Å². The molecule has 1 N–H and O–H groups in total. The minimum Gasteiger partial charge on any atom is -0.494 e. The molecule has 0 fully saturated rings. The van der Waals surface area contributed by atoms with Gasteiger partial charge < -0.3 is 19.5 Å². The van der Waals surface area contributed by atoms with Gasteiger partial charge in [-0.25, -0.2) is 0 Å². The average molecular weight is 391 g/mol. The summed E-state index contributed by atoms with van der Waals surface area (Å²) in [6.45, 7) is 1.86. The Kier molecular flexibility index (Phi) is 8.27. The highest BCUT2D eigenvalue weighted by molar-refractivity contribution is 5.91. The Labute approximate surface area is 162 Å². The summed E-state index contributed by atoms with van der Waals surface area (Å²) < 4.78 is 40.2. The molecule has 0 spiro atoms. The highest BCUT2D eigenvalue weighted by Gasteiger charge is 2.11. The zero-order valence-electron chi connectivity index (χ0n) is 15.8. The molecule has 7 heteroatoms. The van der Waals surface area contributed by atoms with E-state index in [-0.39, 0.29) is 17.4 Å². The van der Waals surface area contributed by atoms with E-state index >= 15 is 0 Å². The van der Waals surface area contributed by atoms with E-state index in [1.807, 2.05) is 31.2 Å². The van der Waals surface area contributed by atoms with Gasteiger partial charge in [-0.2, -0.15) is 8.78 Å². The zero-order valence-corrected chi connectivity index (χ0v) is 15.8. The zero-order chi connectivity index (χ0) is 20.4. The summed E-state index contributed by atoms with van der Waals surface area (Å²) >= 11 is 0. The molecule has 2 rings (SSSR count). The maximum atomic E-state index is 12.4. The first kappa shape index (κ1) is 21.2. The second kappa shape index (κ2) is 10.9. The van der Waals surface area contributed by atoms with Gasteiger partial charge in [-0.3, -0.25) is 4.79 Å². The van der Waals surface area contributed by atoms with Crippen molar-refractivity contribution in [3.63, 3.8) is 0 Å². The Balaban J connectivity index is 2.01. The van der Waals surface area contributed by atoms with E-state index in [1.54, 1.807) is 19.1 Å². The molecule has 0 radical (unpaired) electrons. The van der Waals surface area contributed by atoms with Gasteiger partial charge >= 0.3 is 6.61 Å². The maximum absolute atomic E-state index is 12.4. The van der Waals surface area contributed by atoms with Crippen molar-refractivity contribution in [2.45, 2.75) is 27.0 Å². The van der Waals surface area contributed by atoms with Gasteiger partial charge in [0.2, 0.25) is 5.91 Å². The normalized spacial score (nSPS) is 10.9. The number of hydrogen-bond acceptors (Lipinski definition) is 4. The molecule has 0 unspecified atom stereocenters. The van der Waals surface area contributed by atoms with Crippen molar-refractivity contribution in [1.29, 1.82) is 0 Å². The van der Waals surface area contributed by atoms with E-state index in [1.165, 1.54) is 18.2 Å². The van der Waals surface area contributed by atoms with E-state index < -0.39 is 6.61 Å². The molecule has 0 atom stereocenters. The van der Waals surface area contributed by atoms with Crippen LogP contribution < -0.4 is 19.5 Å². The summed E-state index contributed by atoms with van der Waals surface area (Å²) in [6.07, 6.45) is 2.93. The monoisotopic (exact) mass is 391 g/mol. The van der Waals surface area contributed by atoms with E-state index in [9.17, 15) is 13.6 Å². The Morgan fingerprint density at radius 2 is 1.75 bits per heavy atom. The Morgan fingerprint density at radius 1 is 1.04 bits per heavy atom. The lowest BCUT2D eigenvalue weighted by atomic mass is 10.1. The van der Waals surface area contributed by atoms with E-state index in [4.69, 9.17) is 9.47 Å². The molecule has 1 amide bonds. The molecule has 0 aliphatic carbocycles. The standard InChI is InChI=1S/C21H23F2NO4/c1-3-26-17-8-6-5-7-16(17)14-24-20(25)12-10-15-9-11-18(28-21(22)23)19(13-15)27-4-2/h5-13,21H,3-4,14H2,1-2H3,(H,24,25)/b12-10+. The molecular formula is C21H23F2NO4. The van der Waals surface area contributed by atoms with Crippen LogP contribution in [0.1, 0.15) is 25.0 Å². The van der Waals surface area contributed by atoms with Crippen molar-refractivity contribution in [3.8, 4) is 17.2 Å². The molecule has 0 saturated heterocycles. The van der Waals surface area contributed by atoms with Gasteiger partial charge in [0.05, 0.1) is 13.2 Å². The summed E-state index contributed by atoms with van der Waals surface area (Å²) in [7, 11) is 0. The third-order valence-corrected chi connectivity index (χ3v) is 3.64. The fourth-order valence-corrected chi connectivity index (χ4v) is 2.45. The highest BCUT2D eigenvalue weighted by Crippen LogP contribution is 2.30. The molecule has 0 aliphatic rings. The van der Waals surface area contributed by atoms with E-state index in [0.29, 0.717) is 25.3 Å². The van der Waals surface area contributed by atoms with Gasteiger partial charge in [-0.15, -0.1) is 0 Å². The van der Waals surface area contributed by atoms with Crippen molar-refractivity contribution in [1.82, 2.24) is 5.32 Å². The predicted octanol–water partition coefficient (Wildman–Crippen LogP) is 4.42. The average Bonchev–Trinajstić information content (AvgIpc) is 2.67. The Morgan fingerprint density at radius 3 is 2.46 bits per heavy atom. The van der Waals surface area contributed by atoms with Crippen LogP contribution in [0.2, 0.25) is 0 Å². The van der Waals surface area contributed by atoms with E-state index in [0.717, 1.165) is 11.3 Å². The van der Waals surface area contributed by atoms with Crippen LogP contribution in [0.5, 0.6) is 17.2 Å². The van der Waals surface area contributed by atoms with Crippen LogP contribution in [0, 0.1) is 0 Å². The largest absolute Gasteiger partial charge is 0.494 e. The first-order valence-corrected chi connectivity index (χ1v) is 8.91. The van der Waals surface area contributed by atoms with E-state index in [2.05, 4.69) is 10.1 Å². The molecule has 0 aromatic heterocycles. The summed E-state index contributed by atoms with van der Waals surface area (Å²) in [5.74, 6) is 0.574. The topological polar surface area (TPSA) is 56.8 Å². The maximum Gasteiger partial charge on any atom is 0.387 e. The predicted molar refractivity (Wildman–Crippen MR) is 103 cm³/mol. The van der Waals surface area contributed by atoms with Crippen molar-refractivity contribution >= 4 is 12.0 Å². The lowest BCUT2D eigenvalue weighted by Gasteiger charge is -2.11. The number of hydrogen-bond donors (Lipinski definition) is 1. The number of carbonyl (C=O) groups excluding carboxylic acids is 1. The number of rotatable bonds is 10. The SMILES string of the molecule is CCOc1ccccc1CNC(=O)/C=C/c1ccc(OC(F)F)c(OCC)c1. The van der Waals surface area contributed by atoms with Gasteiger partial charge in [0.25, 0.3) is 0 Å². The lowest BCUT2D eigenvalue weighted by Crippen LogP contribution is -2.20. The fourth-order valence-electron chi connectivity index (χ4n) is 2.45. The molecule has 0 aliphatic heterocycles. The van der Waals surface area contributed by atoms with Crippen molar-refractivity contribution in [2.24, 2.45) is 0 Å². The number of nitrogens with one attached hydrogen (secondary N) is 1. The second-order valence-electron chi connectivity index (χ2n) is 5.61. The van der Waals surface area contributed by atoms with Gasteiger partial charge in [0, 0.05) is 18.2 Å². The number of para-hydroxylation sites is 1. The molecule has 2 aromatic rings. The van der Waals surface area contributed by atoms with Gasteiger partial charge in [-0.05, 0) is 43.7 Å². The van der Waals surface area contributed by atoms with Crippen molar-refractivity contribution in [2.75, 3.05) is 13.2 Å². The minimum absolute atomic E-state index is 0.0500. The number of alkyl halides is 2. The van der Waals surface area contributed by atoms with Crippen LogP contribution in [-0.2, 0) is 11.3 Å². The quantitative estimate of drug-likeness (QED) is 0.610. The van der Waals surface area contributed by atoms with Gasteiger partial charge in [0.1, 0.15) is 5.75 Å². The van der Waals surface area contributed by atoms with Crippen molar-refractivity contribution in [3.05, 3.63) is 59.7 Å². The second-order valence-corrected chi connectivity index (χ2v) is 5.61. The molecule has 28 heavy (non-hydrogen) atoms. The number of amides is 1. The van der Waals surface area contributed by atoms with Crippen LogP contribution in [-0.4, -0.2) is 25.7 Å². The highest BCUT2D eigenvalue weighted by atomic mass is 19.3. The number of benzene rings is 2. The molecule has 150 valence electrons. The van der Waals surface area contributed by atoms with Gasteiger partial charge in [0.15, 0.2) is 11.5 Å². The summed E-state index contributed by atoms with van der Waals surface area (Å²) in [4.78, 5) is 12.1. The fraction of sp³-hybridized carbons (Fsp3) is 0.286. The smallest absolute Gasteiger partial charge is 0.387 e. The lowest BCUT2D eigenvalue weighted by molar-refractivity contribution is -0.116. The Bertz CT molecular complexity index is 809. The molecule has 0 heterocycles. The first-order chi connectivity index (χ1) is 13.5. The third kappa shape index (κ3) is 6.57. The van der Waals surface area contributed by atoms with Crippen LogP contribution in [0.4, 0.5) is 8.78 Å². The molecular weight excluding hydrogens is 368 g/mol. The van der Waals surface area contributed by atoms with Crippen LogP contribution in [0.3, 0.4) is 0 Å². The van der Waals surface area contributed by atoms with Crippen LogP contribution in [0.25, 0.3) is 6.08 Å². The molecule has 0 saturated carbocycles. The molecule has 5 nitrogen and oxygen atoms in total. The third-order valence-electron chi connectivity index (χ3n) is 3.64. The minimum atomic E-state index is -2.94. The van der Waals surface area contributed by atoms with Gasteiger partial charge in [-0.1, -0.05) is 24.3 Å². The number of halogens is 2. The first-order valence-electron chi connectivity index (χ1n) is 8.91. The summed E-state index contributed by atoms with van der Waals surface area (Å²) in [5.41, 5.74) is 1.49. The number of carbonyl (C=O) groups is 1. The Hall–Kier alpha value is -3.09. The summed E-state index contributed by atoms with van der Waals surface area (Å²) in [5, 5.41) is 2.78. The summed E-state index contributed by atoms with van der Waals surface area (Å²) in [6, 6.07) is 12.0. The molecule has 2 aromatic carbocycles. The number of ether oxygens (including phenoxy) is 3.